The fraction of sp³-hybridized carbons (Fsp3) is 0.462. The molecule has 18 heavy (non-hydrogen) atoms. The van der Waals surface area contributed by atoms with Crippen LogP contribution in [0, 0.1) is 0 Å². The Kier molecular flexibility index (Phi) is 4.30. The molecule has 1 aromatic carbocycles. The zero-order chi connectivity index (χ0) is 13.0. The molecule has 0 aliphatic carbocycles. The van der Waals surface area contributed by atoms with Crippen LogP contribution in [0.4, 0.5) is 0 Å². The quantitative estimate of drug-likeness (QED) is 0.786. The molecule has 1 fully saturated rings. The molecule has 1 amide bonds. The number of amides is 1. The number of aliphatic hydroxyl groups excluding tert-OH is 1. The molecule has 1 aliphatic rings. The lowest BCUT2D eigenvalue weighted by molar-refractivity contribution is -0.141. The Morgan fingerprint density at radius 1 is 1.50 bits per heavy atom. The highest BCUT2D eigenvalue weighted by molar-refractivity contribution is 5.83. The van der Waals surface area contributed by atoms with Crippen molar-refractivity contribution in [2.45, 2.75) is 12.1 Å². The summed E-state index contributed by atoms with van der Waals surface area (Å²) in [5.41, 5.74) is 6.76. The van der Waals surface area contributed by atoms with E-state index in [1.165, 1.54) is 0 Å². The number of aliphatic hydroxyl groups is 1. The number of ether oxygens (including phenoxy) is 1. The molecule has 0 aromatic heterocycles. The Hall–Kier alpha value is -1.43. The largest absolute Gasteiger partial charge is 0.394 e. The highest BCUT2D eigenvalue weighted by atomic mass is 16.5. The van der Waals surface area contributed by atoms with Gasteiger partial charge in [-0.2, -0.15) is 0 Å². The van der Waals surface area contributed by atoms with E-state index in [-0.39, 0.29) is 18.6 Å². The molecule has 2 rings (SSSR count). The average molecular weight is 250 g/mol. The van der Waals surface area contributed by atoms with Crippen molar-refractivity contribution >= 4 is 5.91 Å². The summed E-state index contributed by atoms with van der Waals surface area (Å²) in [5.74, 6) is -0.122. The van der Waals surface area contributed by atoms with Gasteiger partial charge in [-0.3, -0.25) is 4.79 Å². The van der Waals surface area contributed by atoms with Crippen LogP contribution in [-0.4, -0.2) is 48.3 Å². The third-order valence-electron chi connectivity index (χ3n) is 3.08. The van der Waals surface area contributed by atoms with E-state index in [0.29, 0.717) is 19.7 Å². The number of benzene rings is 1. The number of rotatable bonds is 3. The third-order valence-corrected chi connectivity index (χ3v) is 3.08. The van der Waals surface area contributed by atoms with Crippen LogP contribution in [0.1, 0.15) is 11.6 Å². The Bertz CT molecular complexity index is 396. The van der Waals surface area contributed by atoms with Gasteiger partial charge in [0.2, 0.25) is 5.91 Å². The topological polar surface area (TPSA) is 75.8 Å². The van der Waals surface area contributed by atoms with E-state index < -0.39 is 6.04 Å². The van der Waals surface area contributed by atoms with Crippen molar-refractivity contribution in [1.29, 1.82) is 0 Å². The lowest BCUT2D eigenvalue weighted by atomic mass is 10.1. The summed E-state index contributed by atoms with van der Waals surface area (Å²) in [6, 6.07) is 8.64. The van der Waals surface area contributed by atoms with Gasteiger partial charge in [-0.1, -0.05) is 30.3 Å². The summed E-state index contributed by atoms with van der Waals surface area (Å²) in [7, 11) is 0. The van der Waals surface area contributed by atoms with Crippen molar-refractivity contribution in [3.63, 3.8) is 0 Å². The van der Waals surface area contributed by atoms with Gasteiger partial charge < -0.3 is 20.5 Å². The number of hydrogen-bond acceptors (Lipinski definition) is 4. The monoisotopic (exact) mass is 250 g/mol. The van der Waals surface area contributed by atoms with Crippen LogP contribution in [0.15, 0.2) is 30.3 Å². The molecule has 1 heterocycles. The van der Waals surface area contributed by atoms with E-state index in [1.54, 1.807) is 4.90 Å². The maximum atomic E-state index is 12.2. The van der Waals surface area contributed by atoms with Crippen molar-refractivity contribution in [3.05, 3.63) is 35.9 Å². The molecule has 98 valence electrons. The summed E-state index contributed by atoms with van der Waals surface area (Å²) in [4.78, 5) is 13.9. The highest BCUT2D eigenvalue weighted by Gasteiger charge is 2.27. The van der Waals surface area contributed by atoms with Gasteiger partial charge in [0.1, 0.15) is 6.04 Å². The Morgan fingerprint density at radius 2 is 2.22 bits per heavy atom. The van der Waals surface area contributed by atoms with Crippen molar-refractivity contribution < 1.29 is 14.6 Å². The molecule has 3 N–H and O–H groups in total. The minimum absolute atomic E-state index is 0.0790. The van der Waals surface area contributed by atoms with Gasteiger partial charge in [-0.25, -0.2) is 0 Å². The second kappa shape index (κ2) is 5.95. The minimum Gasteiger partial charge on any atom is -0.394 e. The van der Waals surface area contributed by atoms with Crippen LogP contribution >= 0.6 is 0 Å². The van der Waals surface area contributed by atoms with Gasteiger partial charge in [0.15, 0.2) is 0 Å². The zero-order valence-corrected chi connectivity index (χ0v) is 10.2. The Labute approximate surface area is 106 Å². The standard InChI is InChI=1S/C13H18N2O3/c14-12(10-4-2-1-3-5-10)13(17)15-6-7-18-11(8-15)9-16/h1-5,11-12,16H,6-9,14H2. The van der Waals surface area contributed by atoms with Crippen LogP contribution in [0.2, 0.25) is 0 Å². The van der Waals surface area contributed by atoms with Crippen molar-refractivity contribution in [3.8, 4) is 0 Å². The summed E-state index contributed by atoms with van der Waals surface area (Å²) in [5, 5.41) is 9.05. The summed E-state index contributed by atoms with van der Waals surface area (Å²) in [6.45, 7) is 1.29. The molecular weight excluding hydrogens is 232 g/mol. The number of carbonyl (C=O) groups excluding carboxylic acids is 1. The first kappa shape index (κ1) is 13.0. The number of hydrogen-bond donors (Lipinski definition) is 2. The molecule has 0 bridgehead atoms. The lowest BCUT2D eigenvalue weighted by Crippen LogP contribution is -2.49. The number of nitrogens with zero attached hydrogens (tertiary/aromatic N) is 1. The fourth-order valence-corrected chi connectivity index (χ4v) is 2.03. The third kappa shape index (κ3) is 2.87. The van der Waals surface area contributed by atoms with Crippen LogP contribution < -0.4 is 5.73 Å². The summed E-state index contributed by atoms with van der Waals surface area (Å²) in [6.07, 6.45) is -0.300. The normalized spacial score (nSPS) is 21.7. The fourth-order valence-electron chi connectivity index (χ4n) is 2.03. The SMILES string of the molecule is NC(C(=O)N1CCOC(CO)C1)c1ccccc1. The molecule has 2 unspecified atom stereocenters. The molecule has 5 heteroatoms. The molecule has 1 aromatic rings. The summed E-state index contributed by atoms with van der Waals surface area (Å²) < 4.78 is 5.31. The van der Waals surface area contributed by atoms with Crippen LogP contribution in [-0.2, 0) is 9.53 Å². The van der Waals surface area contributed by atoms with Crippen LogP contribution in [0.5, 0.6) is 0 Å². The predicted octanol–water partition coefficient (Wildman–Crippen LogP) is -0.0939. The van der Waals surface area contributed by atoms with Crippen LogP contribution in [0.25, 0.3) is 0 Å². The van der Waals surface area contributed by atoms with Gasteiger partial charge in [-0.15, -0.1) is 0 Å². The molecule has 2 atom stereocenters. The van der Waals surface area contributed by atoms with Crippen LogP contribution in [0.3, 0.4) is 0 Å². The van der Waals surface area contributed by atoms with E-state index >= 15 is 0 Å². The second-order valence-electron chi connectivity index (χ2n) is 4.35. The van der Waals surface area contributed by atoms with Gasteiger partial charge in [-0.05, 0) is 5.56 Å². The molecule has 1 saturated heterocycles. The van der Waals surface area contributed by atoms with Gasteiger partial charge in [0, 0.05) is 13.1 Å². The molecular formula is C13H18N2O3. The van der Waals surface area contributed by atoms with Gasteiger partial charge in [0.25, 0.3) is 0 Å². The first-order chi connectivity index (χ1) is 8.72. The Balaban J connectivity index is 2.02. The van der Waals surface area contributed by atoms with Crippen molar-refractivity contribution in [2.75, 3.05) is 26.3 Å². The predicted molar refractivity (Wildman–Crippen MR) is 66.8 cm³/mol. The maximum absolute atomic E-state index is 12.2. The molecule has 0 saturated carbocycles. The number of morpholine rings is 1. The van der Waals surface area contributed by atoms with E-state index in [0.717, 1.165) is 5.56 Å². The van der Waals surface area contributed by atoms with E-state index in [2.05, 4.69) is 0 Å². The molecule has 0 radical (unpaired) electrons. The molecule has 5 nitrogen and oxygen atoms in total. The van der Waals surface area contributed by atoms with E-state index in [4.69, 9.17) is 15.6 Å². The van der Waals surface area contributed by atoms with E-state index in [9.17, 15) is 4.79 Å². The van der Waals surface area contributed by atoms with E-state index in [1.807, 2.05) is 30.3 Å². The lowest BCUT2D eigenvalue weighted by Gasteiger charge is -2.33. The minimum atomic E-state index is -0.649. The zero-order valence-electron chi connectivity index (χ0n) is 10.2. The first-order valence-corrected chi connectivity index (χ1v) is 6.04. The first-order valence-electron chi connectivity index (χ1n) is 6.04. The van der Waals surface area contributed by atoms with Gasteiger partial charge in [0.05, 0.1) is 19.3 Å². The van der Waals surface area contributed by atoms with Crippen molar-refractivity contribution in [2.24, 2.45) is 5.73 Å². The number of carbonyl (C=O) groups is 1. The molecule has 1 aliphatic heterocycles. The summed E-state index contributed by atoms with van der Waals surface area (Å²) >= 11 is 0. The second-order valence-corrected chi connectivity index (χ2v) is 4.35. The maximum Gasteiger partial charge on any atom is 0.244 e. The number of nitrogens with two attached hydrogens (primary N) is 1. The Morgan fingerprint density at radius 3 is 2.89 bits per heavy atom. The van der Waals surface area contributed by atoms with Crippen molar-refractivity contribution in [1.82, 2.24) is 4.90 Å². The average Bonchev–Trinajstić information content (AvgIpc) is 2.46. The molecule has 0 spiro atoms. The smallest absolute Gasteiger partial charge is 0.244 e. The van der Waals surface area contributed by atoms with Gasteiger partial charge >= 0.3 is 0 Å². The highest BCUT2D eigenvalue weighted by Crippen LogP contribution is 2.15.